The third-order valence-electron chi connectivity index (χ3n) is 3.94. The third-order valence-corrected chi connectivity index (χ3v) is 3.94. The first-order chi connectivity index (χ1) is 10.7. The summed E-state index contributed by atoms with van der Waals surface area (Å²) in [7, 11) is 1.24. The lowest BCUT2D eigenvalue weighted by Crippen LogP contribution is -2.56. The van der Waals surface area contributed by atoms with Crippen LogP contribution in [0.3, 0.4) is 0 Å². The summed E-state index contributed by atoms with van der Waals surface area (Å²) < 4.78 is 28.1. The minimum atomic E-state index is -0.572. The van der Waals surface area contributed by atoms with Gasteiger partial charge < -0.3 is 9.31 Å². The van der Waals surface area contributed by atoms with E-state index in [1.807, 2.05) is 40.9 Å². The summed E-state index contributed by atoms with van der Waals surface area (Å²) >= 11 is 0. The molecule has 1 aliphatic rings. The van der Waals surface area contributed by atoms with Crippen LogP contribution in [0.2, 0.25) is 0 Å². The van der Waals surface area contributed by atoms with Crippen LogP contribution in [0.5, 0.6) is 0 Å². The lowest BCUT2D eigenvalue weighted by Gasteiger charge is -2.44. The Hall–Kier alpha value is -1.66. The molecule has 1 fully saturated rings. The van der Waals surface area contributed by atoms with Gasteiger partial charge in [-0.25, -0.2) is 4.39 Å². The van der Waals surface area contributed by atoms with Gasteiger partial charge in [0.1, 0.15) is 5.82 Å². The van der Waals surface area contributed by atoms with Crippen molar-refractivity contribution in [1.82, 2.24) is 9.78 Å². The molecule has 1 aromatic heterocycles. The Labute approximate surface area is 136 Å². The van der Waals surface area contributed by atoms with Crippen LogP contribution >= 0.6 is 0 Å². The Bertz CT molecular complexity index is 711. The van der Waals surface area contributed by atoms with Gasteiger partial charge in [-0.2, -0.15) is 5.10 Å². The predicted octanol–water partition coefficient (Wildman–Crippen LogP) is 2.92. The predicted molar refractivity (Wildman–Crippen MR) is 88.9 cm³/mol. The molecule has 0 atom stereocenters. The zero-order chi connectivity index (χ0) is 16.8. The first-order valence-electron chi connectivity index (χ1n) is 7.81. The molecule has 3 rings (SSSR count). The number of aryl methyl sites for hydroxylation is 1. The highest BCUT2D eigenvalue weighted by Crippen LogP contribution is 2.33. The monoisotopic (exact) mass is 316 g/mol. The maximum atomic E-state index is 14.2. The quantitative estimate of drug-likeness (QED) is 0.799. The van der Waals surface area contributed by atoms with Gasteiger partial charge in [0.15, 0.2) is 0 Å². The fraction of sp³-hybridized carbons (Fsp3) is 0.471. The molecule has 0 radical (unpaired) electrons. The van der Waals surface area contributed by atoms with Crippen molar-refractivity contribution >= 4 is 12.6 Å². The molecule has 0 spiro atoms. The van der Waals surface area contributed by atoms with E-state index in [1.165, 1.54) is 6.07 Å². The largest absolute Gasteiger partial charge is 0.498 e. The van der Waals surface area contributed by atoms with Crippen LogP contribution in [-0.4, -0.2) is 28.1 Å². The number of hydrogen-bond donors (Lipinski definition) is 0. The van der Waals surface area contributed by atoms with Gasteiger partial charge in [-0.1, -0.05) is 12.1 Å². The Balaban J connectivity index is 2.06. The molecule has 0 aliphatic carbocycles. The summed E-state index contributed by atoms with van der Waals surface area (Å²) in [6.45, 7) is 8.18. The lowest BCUT2D eigenvalue weighted by atomic mass is 9.72. The number of rotatable bonds is 2. The fourth-order valence-corrected chi connectivity index (χ4v) is 3.38. The number of aromatic nitrogens is 2. The molecular weight excluding hydrogens is 294 g/mol. The highest BCUT2D eigenvalue weighted by Gasteiger charge is 2.45. The summed E-state index contributed by atoms with van der Waals surface area (Å²) in [6, 6.07) is 6.62. The second-order valence-electron chi connectivity index (χ2n) is 7.35. The first-order valence-corrected chi connectivity index (χ1v) is 7.81. The van der Waals surface area contributed by atoms with Gasteiger partial charge in [-0.15, -0.1) is 0 Å². The molecule has 23 heavy (non-hydrogen) atoms. The summed E-state index contributed by atoms with van der Waals surface area (Å²) in [5.74, 6) is -0.304. The molecule has 0 bridgehead atoms. The van der Waals surface area contributed by atoms with E-state index in [4.69, 9.17) is 9.31 Å². The van der Waals surface area contributed by atoms with Crippen LogP contribution in [0, 0.1) is 5.82 Å². The third kappa shape index (κ3) is 3.33. The van der Waals surface area contributed by atoms with Gasteiger partial charge >= 0.3 is 7.12 Å². The molecule has 2 aromatic rings. The molecule has 6 heteroatoms. The molecule has 0 amide bonds. The van der Waals surface area contributed by atoms with Gasteiger partial charge in [-0.3, -0.25) is 4.68 Å². The van der Waals surface area contributed by atoms with Gasteiger partial charge in [0.25, 0.3) is 0 Å². The number of halogens is 1. The van der Waals surface area contributed by atoms with Gasteiger partial charge in [0.05, 0.1) is 16.9 Å². The van der Waals surface area contributed by atoms with Crippen LogP contribution in [-0.2, 0) is 16.4 Å². The van der Waals surface area contributed by atoms with Crippen LogP contribution in [0.4, 0.5) is 4.39 Å². The highest BCUT2D eigenvalue weighted by atomic mass is 19.1. The maximum Gasteiger partial charge on any atom is 0.498 e. The van der Waals surface area contributed by atoms with E-state index in [2.05, 4.69) is 5.10 Å². The Morgan fingerprint density at radius 2 is 1.74 bits per heavy atom. The summed E-state index contributed by atoms with van der Waals surface area (Å²) in [6.07, 6.45) is 2.62. The van der Waals surface area contributed by atoms with E-state index in [0.29, 0.717) is 11.3 Å². The summed E-state index contributed by atoms with van der Waals surface area (Å²) in [4.78, 5) is 0. The van der Waals surface area contributed by atoms with E-state index in [9.17, 15) is 4.39 Å². The molecule has 0 saturated carbocycles. The normalized spacial score (nSPS) is 19.8. The van der Waals surface area contributed by atoms with Crippen molar-refractivity contribution < 1.29 is 13.7 Å². The molecular formula is C17H22BFN2O2. The average molecular weight is 316 g/mol. The minimum Gasteiger partial charge on any atom is -0.402 e. The van der Waals surface area contributed by atoms with E-state index in [-0.39, 0.29) is 17.0 Å². The molecule has 1 aliphatic heterocycles. The SMILES string of the molecule is Cn1cc(B2OC(C)(C)CC(C)(C)O2)c(-c2ccccc2F)n1. The summed E-state index contributed by atoms with van der Waals surface area (Å²) in [5.41, 5.74) is 1.11. The second kappa shape index (κ2) is 5.46. The standard InChI is InChI=1S/C17H22BFN2O2/c1-16(2)11-17(3,4)23-18(22-16)13-10-21(5)20-15(13)12-8-6-7-9-14(12)19/h6-10H,11H2,1-5H3. The zero-order valence-electron chi connectivity index (χ0n) is 14.3. The lowest BCUT2D eigenvalue weighted by molar-refractivity contribution is -0.0715. The Morgan fingerprint density at radius 1 is 1.13 bits per heavy atom. The smallest absolute Gasteiger partial charge is 0.402 e. The van der Waals surface area contributed by atoms with Crippen molar-refractivity contribution in [2.24, 2.45) is 7.05 Å². The van der Waals surface area contributed by atoms with E-state index in [1.54, 1.807) is 22.9 Å². The maximum absolute atomic E-state index is 14.2. The van der Waals surface area contributed by atoms with Crippen molar-refractivity contribution in [2.45, 2.75) is 45.3 Å². The van der Waals surface area contributed by atoms with Crippen molar-refractivity contribution in [2.75, 3.05) is 0 Å². The molecule has 2 heterocycles. The van der Waals surface area contributed by atoms with Crippen molar-refractivity contribution in [3.63, 3.8) is 0 Å². The van der Waals surface area contributed by atoms with Crippen LogP contribution in [0.25, 0.3) is 11.3 Å². The van der Waals surface area contributed by atoms with Crippen LogP contribution in [0.1, 0.15) is 34.1 Å². The number of hydrogen-bond acceptors (Lipinski definition) is 3. The second-order valence-corrected chi connectivity index (χ2v) is 7.35. The van der Waals surface area contributed by atoms with Crippen LogP contribution < -0.4 is 5.46 Å². The number of benzene rings is 1. The van der Waals surface area contributed by atoms with Gasteiger partial charge in [0, 0.05) is 30.7 Å². The van der Waals surface area contributed by atoms with Crippen molar-refractivity contribution in [1.29, 1.82) is 0 Å². The fourth-order valence-electron chi connectivity index (χ4n) is 3.38. The molecule has 0 unspecified atom stereocenters. The molecule has 1 aromatic carbocycles. The molecule has 4 nitrogen and oxygen atoms in total. The summed E-state index contributed by atoms with van der Waals surface area (Å²) in [5, 5.41) is 4.43. The Kier molecular flexibility index (Phi) is 3.85. The van der Waals surface area contributed by atoms with E-state index in [0.717, 1.165) is 11.9 Å². The van der Waals surface area contributed by atoms with Crippen molar-refractivity contribution in [3.05, 3.63) is 36.3 Å². The Morgan fingerprint density at radius 3 is 2.35 bits per heavy atom. The van der Waals surface area contributed by atoms with E-state index >= 15 is 0 Å². The van der Waals surface area contributed by atoms with Gasteiger partial charge in [0.2, 0.25) is 0 Å². The molecule has 1 saturated heterocycles. The number of nitrogens with zero attached hydrogens (tertiary/aromatic N) is 2. The zero-order valence-corrected chi connectivity index (χ0v) is 14.3. The highest BCUT2D eigenvalue weighted by molar-refractivity contribution is 6.63. The molecule has 0 N–H and O–H groups in total. The average Bonchev–Trinajstić information content (AvgIpc) is 2.77. The van der Waals surface area contributed by atoms with Crippen molar-refractivity contribution in [3.8, 4) is 11.3 Å². The van der Waals surface area contributed by atoms with Gasteiger partial charge in [-0.05, 0) is 39.8 Å². The first kappa shape index (κ1) is 16.2. The molecule has 122 valence electrons. The topological polar surface area (TPSA) is 36.3 Å². The van der Waals surface area contributed by atoms with Crippen LogP contribution in [0.15, 0.2) is 30.5 Å². The van der Waals surface area contributed by atoms with E-state index < -0.39 is 7.12 Å². The minimum absolute atomic E-state index is 0.304.